The van der Waals surface area contributed by atoms with Crippen LogP contribution in [0.3, 0.4) is 0 Å². The van der Waals surface area contributed by atoms with Gasteiger partial charge in [0.05, 0.1) is 0 Å². The molecule has 0 saturated heterocycles. The van der Waals surface area contributed by atoms with Gasteiger partial charge in [0.15, 0.2) is 5.78 Å². The van der Waals surface area contributed by atoms with Crippen LogP contribution in [0.4, 0.5) is 0 Å². The number of carbonyl (C=O) groups is 1. The zero-order chi connectivity index (χ0) is 15.3. The molecule has 1 aromatic heterocycles. The summed E-state index contributed by atoms with van der Waals surface area (Å²) in [5.74, 6) is 0.211. The zero-order valence-corrected chi connectivity index (χ0v) is 14.8. The number of ketones is 1. The lowest BCUT2D eigenvalue weighted by Crippen LogP contribution is -1.99. The van der Waals surface area contributed by atoms with Crippen molar-refractivity contribution >= 4 is 21.7 Å². The third kappa shape index (κ3) is 9.02. The van der Waals surface area contributed by atoms with Crippen molar-refractivity contribution in [2.24, 2.45) is 0 Å². The topological polar surface area (TPSA) is 30.0 Å². The minimum absolute atomic E-state index is 0.211. The minimum Gasteiger partial charge on any atom is -0.294 e. The quantitative estimate of drug-likeness (QED) is 0.324. The van der Waals surface area contributed by atoms with Crippen LogP contribution < -0.4 is 0 Å². The van der Waals surface area contributed by atoms with E-state index in [1.54, 1.807) is 12.4 Å². The van der Waals surface area contributed by atoms with Crippen LogP contribution >= 0.6 is 15.9 Å². The minimum atomic E-state index is 0.211. The van der Waals surface area contributed by atoms with Gasteiger partial charge in [-0.05, 0) is 28.4 Å². The molecule has 0 unspecified atom stereocenters. The fourth-order valence-electron chi connectivity index (χ4n) is 2.48. The van der Waals surface area contributed by atoms with Crippen molar-refractivity contribution in [1.29, 1.82) is 0 Å². The predicted octanol–water partition coefficient (Wildman–Crippen LogP) is 6.34. The molecular weight excluding hydrogens is 326 g/mol. The van der Waals surface area contributed by atoms with E-state index in [1.165, 1.54) is 57.8 Å². The molecule has 2 nitrogen and oxygen atoms in total. The SMILES string of the molecule is CCCCCCCCCCCCC(=O)c1cncc(Br)c1. The lowest BCUT2D eigenvalue weighted by Gasteiger charge is -2.03. The third-order valence-electron chi connectivity index (χ3n) is 3.78. The molecule has 0 aromatic carbocycles. The molecule has 0 saturated carbocycles. The van der Waals surface area contributed by atoms with Gasteiger partial charge in [-0.2, -0.15) is 0 Å². The van der Waals surface area contributed by atoms with E-state index in [9.17, 15) is 4.79 Å². The van der Waals surface area contributed by atoms with Gasteiger partial charge in [-0.1, -0.05) is 64.7 Å². The smallest absolute Gasteiger partial charge is 0.164 e. The molecule has 0 fully saturated rings. The molecule has 118 valence electrons. The molecule has 3 heteroatoms. The molecule has 0 radical (unpaired) electrons. The number of carbonyl (C=O) groups excluding carboxylic acids is 1. The van der Waals surface area contributed by atoms with Gasteiger partial charge in [-0.25, -0.2) is 0 Å². The van der Waals surface area contributed by atoms with Crippen molar-refractivity contribution in [1.82, 2.24) is 4.98 Å². The highest BCUT2D eigenvalue weighted by molar-refractivity contribution is 9.10. The van der Waals surface area contributed by atoms with Gasteiger partial charge < -0.3 is 0 Å². The first kappa shape index (κ1) is 18.3. The lowest BCUT2D eigenvalue weighted by atomic mass is 10.0. The van der Waals surface area contributed by atoms with Crippen LogP contribution in [0.5, 0.6) is 0 Å². The fourth-order valence-corrected chi connectivity index (χ4v) is 2.85. The summed E-state index contributed by atoms with van der Waals surface area (Å²) in [6.45, 7) is 2.26. The largest absolute Gasteiger partial charge is 0.294 e. The van der Waals surface area contributed by atoms with Gasteiger partial charge in [0.1, 0.15) is 0 Å². The molecule has 0 aliphatic rings. The summed E-state index contributed by atoms with van der Waals surface area (Å²) in [5, 5.41) is 0. The molecule has 1 heterocycles. The zero-order valence-electron chi connectivity index (χ0n) is 13.2. The van der Waals surface area contributed by atoms with E-state index in [0.29, 0.717) is 6.42 Å². The number of nitrogens with zero attached hydrogens (tertiary/aromatic N) is 1. The Morgan fingerprint density at radius 2 is 1.52 bits per heavy atom. The van der Waals surface area contributed by atoms with Crippen molar-refractivity contribution in [3.05, 3.63) is 28.5 Å². The van der Waals surface area contributed by atoms with Gasteiger partial charge in [0.2, 0.25) is 0 Å². The average Bonchev–Trinajstić information content (AvgIpc) is 2.49. The van der Waals surface area contributed by atoms with Gasteiger partial charge in [0.25, 0.3) is 0 Å². The number of aromatic nitrogens is 1. The monoisotopic (exact) mass is 353 g/mol. The van der Waals surface area contributed by atoms with Gasteiger partial charge in [-0.3, -0.25) is 9.78 Å². The molecule has 0 aliphatic carbocycles. The van der Waals surface area contributed by atoms with Crippen LogP contribution in [0.25, 0.3) is 0 Å². The van der Waals surface area contributed by atoms with Crippen LogP contribution in [-0.4, -0.2) is 10.8 Å². The second-order valence-corrected chi connectivity index (χ2v) is 6.66. The summed E-state index contributed by atoms with van der Waals surface area (Å²) in [5.41, 5.74) is 0.722. The van der Waals surface area contributed by atoms with E-state index < -0.39 is 0 Å². The number of Topliss-reactive ketones (excluding diaryl/α,β-unsaturated/α-hetero) is 1. The second kappa shape index (κ2) is 11.9. The third-order valence-corrected chi connectivity index (χ3v) is 4.22. The Kier molecular flexibility index (Phi) is 10.4. The normalized spacial score (nSPS) is 10.8. The first-order valence-corrected chi connectivity index (χ1v) is 9.17. The van der Waals surface area contributed by atoms with Crippen molar-refractivity contribution in [2.45, 2.75) is 77.6 Å². The average molecular weight is 354 g/mol. The lowest BCUT2D eigenvalue weighted by molar-refractivity contribution is 0.0978. The first-order chi connectivity index (χ1) is 10.2. The van der Waals surface area contributed by atoms with Crippen LogP contribution in [-0.2, 0) is 0 Å². The molecule has 21 heavy (non-hydrogen) atoms. The van der Waals surface area contributed by atoms with E-state index >= 15 is 0 Å². The Bertz CT molecular complexity index is 406. The maximum absolute atomic E-state index is 12.0. The summed E-state index contributed by atoms with van der Waals surface area (Å²) >= 11 is 3.35. The van der Waals surface area contributed by atoms with E-state index in [1.807, 2.05) is 6.07 Å². The van der Waals surface area contributed by atoms with E-state index in [0.717, 1.165) is 16.5 Å². The van der Waals surface area contributed by atoms with Crippen LogP contribution in [0.1, 0.15) is 87.9 Å². The molecule has 0 spiro atoms. The number of pyridine rings is 1. The number of hydrogen-bond acceptors (Lipinski definition) is 2. The second-order valence-electron chi connectivity index (χ2n) is 5.75. The van der Waals surface area contributed by atoms with Crippen molar-refractivity contribution in [2.75, 3.05) is 0 Å². The standard InChI is InChI=1S/C18H28BrNO/c1-2-3-4-5-6-7-8-9-10-11-12-18(21)16-13-17(19)15-20-14-16/h13-15H,2-12H2,1H3. The van der Waals surface area contributed by atoms with Gasteiger partial charge in [-0.15, -0.1) is 0 Å². The maximum Gasteiger partial charge on any atom is 0.164 e. The highest BCUT2D eigenvalue weighted by atomic mass is 79.9. The molecule has 0 N–H and O–H groups in total. The molecular formula is C18H28BrNO. The van der Waals surface area contributed by atoms with Crippen LogP contribution in [0.2, 0.25) is 0 Å². The molecule has 1 rings (SSSR count). The summed E-state index contributed by atoms with van der Waals surface area (Å²) in [7, 11) is 0. The maximum atomic E-state index is 12.0. The summed E-state index contributed by atoms with van der Waals surface area (Å²) in [6, 6.07) is 1.85. The number of unbranched alkanes of at least 4 members (excludes halogenated alkanes) is 9. The fraction of sp³-hybridized carbons (Fsp3) is 0.667. The molecule has 0 atom stereocenters. The Labute approximate surface area is 137 Å². The van der Waals surface area contributed by atoms with E-state index in [2.05, 4.69) is 27.8 Å². The number of hydrogen-bond donors (Lipinski definition) is 0. The van der Waals surface area contributed by atoms with Crippen molar-refractivity contribution < 1.29 is 4.79 Å². The molecule has 0 aliphatic heterocycles. The van der Waals surface area contributed by atoms with Gasteiger partial charge >= 0.3 is 0 Å². The van der Waals surface area contributed by atoms with Gasteiger partial charge in [0, 0.05) is 28.9 Å². The van der Waals surface area contributed by atoms with E-state index in [4.69, 9.17) is 0 Å². The molecule has 1 aromatic rings. The van der Waals surface area contributed by atoms with Crippen molar-refractivity contribution in [3.8, 4) is 0 Å². The number of rotatable bonds is 12. The Balaban J connectivity index is 1.98. The van der Waals surface area contributed by atoms with Crippen LogP contribution in [0, 0.1) is 0 Å². The summed E-state index contributed by atoms with van der Waals surface area (Å²) in [4.78, 5) is 16.0. The van der Waals surface area contributed by atoms with E-state index in [-0.39, 0.29) is 5.78 Å². The number of halogens is 1. The highest BCUT2D eigenvalue weighted by Crippen LogP contribution is 2.14. The van der Waals surface area contributed by atoms with Crippen LogP contribution in [0.15, 0.2) is 22.9 Å². The Morgan fingerprint density at radius 3 is 2.10 bits per heavy atom. The summed E-state index contributed by atoms with van der Waals surface area (Å²) < 4.78 is 0.872. The summed E-state index contributed by atoms with van der Waals surface area (Å²) in [6.07, 6.45) is 17.0. The molecule has 0 bridgehead atoms. The Morgan fingerprint density at radius 1 is 0.952 bits per heavy atom. The predicted molar refractivity (Wildman–Crippen MR) is 92.7 cm³/mol. The first-order valence-electron chi connectivity index (χ1n) is 8.37. The molecule has 0 amide bonds. The van der Waals surface area contributed by atoms with Crippen molar-refractivity contribution in [3.63, 3.8) is 0 Å². The highest BCUT2D eigenvalue weighted by Gasteiger charge is 2.06. The Hall–Kier alpha value is -0.700.